The average Bonchev–Trinajstić information content (AvgIpc) is 3.00. The van der Waals surface area contributed by atoms with Gasteiger partial charge in [-0.3, -0.25) is 0 Å². The van der Waals surface area contributed by atoms with Gasteiger partial charge in [0.1, 0.15) is 41.2 Å². The number of benzene rings is 2. The highest BCUT2D eigenvalue weighted by atomic mass is 35.5. The maximum atomic E-state index is 12.4. The van der Waals surface area contributed by atoms with Gasteiger partial charge in [0.2, 0.25) is 0 Å². The van der Waals surface area contributed by atoms with Gasteiger partial charge >= 0.3 is 12.1 Å². The number of amides is 1. The lowest BCUT2D eigenvalue weighted by Gasteiger charge is -2.33. The van der Waals surface area contributed by atoms with Crippen molar-refractivity contribution in [3.8, 4) is 11.5 Å². The lowest BCUT2D eigenvalue weighted by Crippen LogP contribution is -2.44. The number of carbonyl (C=O) groups is 2. The van der Waals surface area contributed by atoms with Crippen LogP contribution < -0.4 is 19.7 Å². The molecule has 0 atom stereocenters. The first kappa shape index (κ1) is 32.9. The van der Waals surface area contributed by atoms with Gasteiger partial charge in [-0.1, -0.05) is 23.7 Å². The SMILES string of the molecule is COc1ccc(CN2CCCC(C(=O)O)=Cc3c(Nc4ccc(OC5CCN(C(=O)OC(C)(C)C)CC5)c(Cl)c4)ncnc32)cc1. The number of aliphatic carboxylic acids is 1. The molecule has 0 aliphatic carbocycles. The van der Waals surface area contributed by atoms with Crippen LogP contribution in [0.25, 0.3) is 6.08 Å². The molecular weight excluding hydrogens is 610 g/mol. The number of likely N-dealkylation sites (tertiary alicyclic amines) is 1. The molecule has 46 heavy (non-hydrogen) atoms. The Hall–Kier alpha value is -4.51. The minimum Gasteiger partial charge on any atom is -0.497 e. The summed E-state index contributed by atoms with van der Waals surface area (Å²) < 4.78 is 17.0. The van der Waals surface area contributed by atoms with E-state index in [2.05, 4.69) is 20.2 Å². The van der Waals surface area contributed by atoms with Gasteiger partial charge in [0.25, 0.3) is 0 Å². The van der Waals surface area contributed by atoms with Gasteiger partial charge in [0.05, 0.1) is 17.7 Å². The summed E-state index contributed by atoms with van der Waals surface area (Å²) in [7, 11) is 1.63. The zero-order chi connectivity index (χ0) is 32.8. The lowest BCUT2D eigenvalue weighted by molar-refractivity contribution is -0.132. The van der Waals surface area contributed by atoms with E-state index < -0.39 is 11.6 Å². The third kappa shape index (κ3) is 8.39. The fraction of sp³-hybridized carbons (Fsp3) is 0.412. The van der Waals surface area contributed by atoms with Crippen LogP contribution in [0.2, 0.25) is 5.02 Å². The minimum absolute atomic E-state index is 0.0900. The van der Waals surface area contributed by atoms with Crippen LogP contribution in [0.4, 0.5) is 22.1 Å². The van der Waals surface area contributed by atoms with E-state index in [1.807, 2.05) is 51.1 Å². The lowest BCUT2D eigenvalue weighted by atomic mass is 10.0. The summed E-state index contributed by atoms with van der Waals surface area (Å²) in [4.78, 5) is 37.4. The zero-order valence-electron chi connectivity index (χ0n) is 26.6. The van der Waals surface area contributed by atoms with E-state index in [1.165, 1.54) is 6.33 Å². The molecule has 1 aromatic heterocycles. The van der Waals surface area contributed by atoms with Crippen molar-refractivity contribution in [2.24, 2.45) is 0 Å². The van der Waals surface area contributed by atoms with Crippen LogP contribution in [0.15, 0.2) is 54.4 Å². The quantitative estimate of drug-likeness (QED) is 0.265. The first-order chi connectivity index (χ1) is 22.0. The molecule has 0 bridgehead atoms. The van der Waals surface area contributed by atoms with Gasteiger partial charge in [-0.05, 0) is 75.6 Å². The fourth-order valence-electron chi connectivity index (χ4n) is 5.43. The van der Waals surface area contributed by atoms with Gasteiger partial charge in [-0.15, -0.1) is 0 Å². The van der Waals surface area contributed by atoms with Crippen LogP contribution in [0.5, 0.6) is 11.5 Å². The monoisotopic (exact) mass is 649 g/mol. The number of rotatable bonds is 8. The number of nitrogens with one attached hydrogen (secondary N) is 1. The zero-order valence-corrected chi connectivity index (χ0v) is 27.3. The molecule has 0 saturated carbocycles. The molecule has 1 fully saturated rings. The molecule has 0 unspecified atom stereocenters. The van der Waals surface area contributed by atoms with Crippen LogP contribution in [0, 0.1) is 0 Å². The van der Waals surface area contributed by atoms with E-state index in [9.17, 15) is 14.7 Å². The number of carboxylic acid groups (broad SMARTS) is 1. The number of anilines is 3. The van der Waals surface area contributed by atoms with Crippen molar-refractivity contribution in [3.63, 3.8) is 0 Å². The summed E-state index contributed by atoms with van der Waals surface area (Å²) in [5.74, 6) is 1.45. The maximum absolute atomic E-state index is 12.4. The van der Waals surface area contributed by atoms with Gasteiger partial charge < -0.3 is 34.4 Å². The second kappa shape index (κ2) is 14.3. The number of aromatic nitrogens is 2. The first-order valence-electron chi connectivity index (χ1n) is 15.4. The molecular formula is C34H40ClN5O6. The molecule has 2 aliphatic rings. The molecule has 3 heterocycles. The molecule has 12 heteroatoms. The molecule has 244 valence electrons. The van der Waals surface area contributed by atoms with Gasteiger partial charge in [-0.25, -0.2) is 19.6 Å². The van der Waals surface area contributed by atoms with Crippen molar-refractivity contribution in [1.29, 1.82) is 0 Å². The molecule has 1 saturated heterocycles. The predicted octanol–water partition coefficient (Wildman–Crippen LogP) is 6.93. The Morgan fingerprint density at radius 1 is 1.07 bits per heavy atom. The third-order valence-electron chi connectivity index (χ3n) is 7.74. The Bertz CT molecular complexity index is 1580. The number of methoxy groups -OCH3 is 1. The number of carboxylic acids is 1. The first-order valence-corrected chi connectivity index (χ1v) is 15.7. The predicted molar refractivity (Wildman–Crippen MR) is 177 cm³/mol. The third-order valence-corrected chi connectivity index (χ3v) is 8.04. The van der Waals surface area contributed by atoms with Gasteiger partial charge in [0, 0.05) is 50.3 Å². The Morgan fingerprint density at radius 3 is 2.46 bits per heavy atom. The van der Waals surface area contributed by atoms with E-state index in [1.54, 1.807) is 30.2 Å². The molecule has 0 radical (unpaired) electrons. The summed E-state index contributed by atoms with van der Waals surface area (Å²) in [6.07, 6.45) is 5.12. The second-order valence-electron chi connectivity index (χ2n) is 12.4. The minimum atomic E-state index is -0.967. The van der Waals surface area contributed by atoms with Crippen LogP contribution in [0.1, 0.15) is 57.6 Å². The molecule has 5 rings (SSSR count). The van der Waals surface area contributed by atoms with Crippen molar-refractivity contribution in [2.45, 2.75) is 64.7 Å². The van der Waals surface area contributed by atoms with Crippen LogP contribution in [-0.2, 0) is 16.1 Å². The summed E-state index contributed by atoms with van der Waals surface area (Å²) in [6, 6.07) is 13.2. The number of halogens is 1. The van der Waals surface area contributed by atoms with E-state index in [0.717, 1.165) is 11.3 Å². The number of fused-ring (bicyclic) bond motifs is 1. The number of ether oxygens (including phenoxy) is 3. The highest BCUT2D eigenvalue weighted by Gasteiger charge is 2.28. The normalized spacial score (nSPS) is 15.6. The number of carbonyl (C=O) groups excluding carboxylic acids is 1. The van der Waals surface area contributed by atoms with Crippen molar-refractivity contribution in [1.82, 2.24) is 14.9 Å². The molecule has 3 aromatic rings. The van der Waals surface area contributed by atoms with Crippen molar-refractivity contribution >= 4 is 47.1 Å². The topological polar surface area (TPSA) is 126 Å². The molecule has 1 amide bonds. The van der Waals surface area contributed by atoms with Crippen LogP contribution in [-0.4, -0.2) is 70.5 Å². The average molecular weight is 650 g/mol. The molecule has 2 N–H and O–H groups in total. The highest BCUT2D eigenvalue weighted by molar-refractivity contribution is 6.32. The van der Waals surface area contributed by atoms with Crippen LogP contribution in [0.3, 0.4) is 0 Å². The van der Waals surface area contributed by atoms with Crippen molar-refractivity contribution < 1.29 is 28.9 Å². The highest BCUT2D eigenvalue weighted by Crippen LogP contribution is 2.35. The second-order valence-corrected chi connectivity index (χ2v) is 12.8. The van der Waals surface area contributed by atoms with E-state index in [0.29, 0.717) is 91.1 Å². The molecule has 11 nitrogen and oxygen atoms in total. The number of piperidine rings is 1. The summed E-state index contributed by atoms with van der Waals surface area (Å²) in [5, 5.41) is 13.6. The summed E-state index contributed by atoms with van der Waals surface area (Å²) in [5.41, 5.74) is 2.07. The fourth-order valence-corrected chi connectivity index (χ4v) is 5.66. The summed E-state index contributed by atoms with van der Waals surface area (Å²) >= 11 is 6.67. The maximum Gasteiger partial charge on any atom is 0.410 e. The van der Waals surface area contributed by atoms with Gasteiger partial charge in [-0.2, -0.15) is 0 Å². The molecule has 0 spiro atoms. The van der Waals surface area contributed by atoms with E-state index in [-0.39, 0.29) is 12.2 Å². The van der Waals surface area contributed by atoms with E-state index >= 15 is 0 Å². The number of nitrogens with zero attached hydrogens (tertiary/aromatic N) is 4. The van der Waals surface area contributed by atoms with Crippen molar-refractivity contribution in [2.75, 3.05) is 37.0 Å². The van der Waals surface area contributed by atoms with Gasteiger partial charge in [0.15, 0.2) is 0 Å². The number of hydrogen-bond donors (Lipinski definition) is 2. The Kier molecular flexibility index (Phi) is 10.2. The Balaban J connectivity index is 1.32. The van der Waals surface area contributed by atoms with Crippen molar-refractivity contribution in [3.05, 3.63) is 70.5 Å². The molecule has 2 aliphatic heterocycles. The smallest absolute Gasteiger partial charge is 0.410 e. The van der Waals surface area contributed by atoms with E-state index in [4.69, 9.17) is 25.8 Å². The molecule has 2 aromatic carbocycles. The summed E-state index contributed by atoms with van der Waals surface area (Å²) in [6.45, 7) is 7.84. The van der Waals surface area contributed by atoms with Crippen LogP contribution >= 0.6 is 11.6 Å². The Labute approximate surface area is 274 Å². The number of hydrogen-bond acceptors (Lipinski definition) is 9. The standard InChI is InChI=1S/C34H40ClN5O6/c1-34(2,3)46-33(43)39-16-13-26(14-17-39)45-29-12-9-24(19-28(29)35)38-30-27-18-23(32(41)42)6-5-15-40(31(27)37-21-36-30)20-22-7-10-25(44-4)11-8-22/h7-12,18-19,21,26H,5-6,13-17,20H2,1-4H3,(H,41,42)(H,36,37,38). The largest absolute Gasteiger partial charge is 0.497 e. The Morgan fingerprint density at radius 2 is 1.80 bits per heavy atom.